The van der Waals surface area contributed by atoms with Gasteiger partial charge >= 0.3 is 0 Å². The molecular formula is C20H29N3O2. The van der Waals surface area contributed by atoms with Crippen molar-refractivity contribution < 1.29 is 9.59 Å². The number of amides is 2. The van der Waals surface area contributed by atoms with Crippen LogP contribution in [-0.4, -0.2) is 61.4 Å². The van der Waals surface area contributed by atoms with Gasteiger partial charge in [0.1, 0.15) is 0 Å². The van der Waals surface area contributed by atoms with E-state index in [2.05, 4.69) is 6.92 Å². The lowest BCUT2D eigenvalue weighted by Gasteiger charge is -2.35. The minimum Gasteiger partial charge on any atom is -0.378 e. The minimum atomic E-state index is -0.00892. The van der Waals surface area contributed by atoms with Crippen LogP contribution in [0.3, 0.4) is 0 Å². The molecule has 0 saturated carbocycles. The fourth-order valence-electron chi connectivity index (χ4n) is 3.98. The third kappa shape index (κ3) is 3.80. The zero-order valence-corrected chi connectivity index (χ0v) is 15.6. The summed E-state index contributed by atoms with van der Waals surface area (Å²) in [5.41, 5.74) is 2.16. The van der Waals surface area contributed by atoms with E-state index in [0.29, 0.717) is 19.5 Å². The number of anilines is 1. The summed E-state index contributed by atoms with van der Waals surface area (Å²) in [6.45, 7) is 4.20. The van der Waals surface area contributed by atoms with E-state index in [0.717, 1.165) is 37.1 Å². The van der Waals surface area contributed by atoms with Crippen LogP contribution in [-0.2, 0) is 16.0 Å². The van der Waals surface area contributed by atoms with Crippen LogP contribution in [0.1, 0.15) is 31.7 Å². The molecule has 2 atom stereocenters. The predicted molar refractivity (Wildman–Crippen MR) is 99.6 cm³/mol. The first-order valence-electron chi connectivity index (χ1n) is 9.34. The maximum atomic E-state index is 12.8. The Balaban J connectivity index is 1.67. The molecule has 3 fully saturated rings. The van der Waals surface area contributed by atoms with Crippen molar-refractivity contribution in [2.24, 2.45) is 5.92 Å². The standard InChI is InChI=1S/C20H29N3O2/c1-4-11-23-18-10-7-16(20(23)25)13-22(14-18)19(24)12-15-5-8-17(9-6-15)21(2)3/h5-6,8-9,16,18H,4,7,10-14H2,1-3H3. The van der Waals surface area contributed by atoms with E-state index in [1.54, 1.807) is 0 Å². The fourth-order valence-corrected chi connectivity index (χ4v) is 3.98. The molecule has 2 unspecified atom stereocenters. The van der Waals surface area contributed by atoms with Gasteiger partial charge in [0.25, 0.3) is 0 Å². The second-order valence-corrected chi connectivity index (χ2v) is 7.50. The highest BCUT2D eigenvalue weighted by atomic mass is 16.2. The molecule has 2 bridgehead atoms. The summed E-state index contributed by atoms with van der Waals surface area (Å²) in [7, 11) is 4.01. The molecule has 1 aromatic rings. The van der Waals surface area contributed by atoms with Crippen LogP contribution < -0.4 is 4.90 Å². The van der Waals surface area contributed by atoms with Gasteiger partial charge in [-0.25, -0.2) is 0 Å². The van der Waals surface area contributed by atoms with Crippen molar-refractivity contribution in [2.75, 3.05) is 38.6 Å². The first-order valence-corrected chi connectivity index (χ1v) is 9.34. The Hall–Kier alpha value is -2.04. The molecule has 136 valence electrons. The zero-order valence-electron chi connectivity index (χ0n) is 15.6. The van der Waals surface area contributed by atoms with Gasteiger partial charge < -0.3 is 14.7 Å². The maximum absolute atomic E-state index is 12.8. The van der Waals surface area contributed by atoms with Crippen molar-refractivity contribution in [1.29, 1.82) is 0 Å². The van der Waals surface area contributed by atoms with Crippen molar-refractivity contribution in [3.05, 3.63) is 29.8 Å². The van der Waals surface area contributed by atoms with Gasteiger partial charge in [0, 0.05) is 45.5 Å². The van der Waals surface area contributed by atoms with E-state index in [1.807, 2.05) is 53.1 Å². The van der Waals surface area contributed by atoms with E-state index < -0.39 is 0 Å². The van der Waals surface area contributed by atoms with Crippen molar-refractivity contribution in [3.8, 4) is 0 Å². The average Bonchev–Trinajstić information content (AvgIpc) is 2.88. The molecule has 3 heterocycles. The van der Waals surface area contributed by atoms with E-state index in [4.69, 9.17) is 0 Å². The molecule has 2 amide bonds. The van der Waals surface area contributed by atoms with Crippen LogP contribution >= 0.6 is 0 Å². The summed E-state index contributed by atoms with van der Waals surface area (Å²) in [5, 5.41) is 0. The molecule has 5 nitrogen and oxygen atoms in total. The number of hydrogen-bond acceptors (Lipinski definition) is 3. The third-order valence-corrected chi connectivity index (χ3v) is 5.42. The van der Waals surface area contributed by atoms with Crippen molar-refractivity contribution in [3.63, 3.8) is 0 Å². The summed E-state index contributed by atoms with van der Waals surface area (Å²) in [6.07, 6.45) is 3.33. The second kappa shape index (κ2) is 7.46. The molecular weight excluding hydrogens is 314 g/mol. The molecule has 3 saturated heterocycles. The fraction of sp³-hybridized carbons (Fsp3) is 0.600. The van der Waals surface area contributed by atoms with Crippen LogP contribution in [0.2, 0.25) is 0 Å². The predicted octanol–water partition coefficient (Wildman–Crippen LogP) is 2.15. The Kier molecular flexibility index (Phi) is 5.30. The number of nitrogens with zero attached hydrogens (tertiary/aromatic N) is 3. The highest BCUT2D eigenvalue weighted by Crippen LogP contribution is 2.29. The van der Waals surface area contributed by atoms with Crippen LogP contribution in [0, 0.1) is 5.92 Å². The van der Waals surface area contributed by atoms with E-state index in [1.165, 1.54) is 0 Å². The van der Waals surface area contributed by atoms with Gasteiger partial charge in [0.15, 0.2) is 0 Å². The normalized spacial score (nSPS) is 22.9. The first kappa shape index (κ1) is 17.8. The summed E-state index contributed by atoms with van der Waals surface area (Å²) in [5.74, 6) is 0.384. The van der Waals surface area contributed by atoms with E-state index in [-0.39, 0.29) is 23.8 Å². The number of hydrogen-bond donors (Lipinski definition) is 0. The molecule has 0 N–H and O–H groups in total. The molecule has 4 rings (SSSR count). The lowest BCUT2D eigenvalue weighted by Crippen LogP contribution is -2.48. The van der Waals surface area contributed by atoms with Gasteiger partial charge in [-0.2, -0.15) is 0 Å². The molecule has 1 aromatic carbocycles. The zero-order chi connectivity index (χ0) is 18.0. The van der Waals surface area contributed by atoms with Crippen LogP contribution in [0.4, 0.5) is 5.69 Å². The Labute approximate surface area is 150 Å². The Morgan fingerprint density at radius 1 is 1.16 bits per heavy atom. The molecule has 3 aliphatic rings. The molecule has 0 radical (unpaired) electrons. The summed E-state index contributed by atoms with van der Waals surface area (Å²) >= 11 is 0. The van der Waals surface area contributed by atoms with Gasteiger partial charge in [-0.05, 0) is 37.0 Å². The molecule has 25 heavy (non-hydrogen) atoms. The summed E-state index contributed by atoms with van der Waals surface area (Å²) < 4.78 is 0. The van der Waals surface area contributed by atoms with Crippen LogP contribution in [0.5, 0.6) is 0 Å². The Morgan fingerprint density at radius 2 is 1.88 bits per heavy atom. The highest BCUT2D eigenvalue weighted by Gasteiger charge is 2.41. The first-order chi connectivity index (χ1) is 12.0. The Morgan fingerprint density at radius 3 is 2.52 bits per heavy atom. The molecule has 5 heteroatoms. The quantitative estimate of drug-likeness (QED) is 0.823. The SMILES string of the molecule is CCCN1C(=O)C2CCC1CN(C(=O)Cc1ccc(N(C)C)cc1)C2. The maximum Gasteiger partial charge on any atom is 0.227 e. The second-order valence-electron chi connectivity index (χ2n) is 7.50. The van der Waals surface area contributed by atoms with Crippen molar-refractivity contribution in [1.82, 2.24) is 9.80 Å². The molecule has 3 aliphatic heterocycles. The number of carbonyl (C=O) groups excluding carboxylic acids is 2. The number of piperidine rings is 1. The lowest BCUT2D eigenvalue weighted by atomic mass is 9.94. The van der Waals surface area contributed by atoms with Gasteiger partial charge in [0.2, 0.25) is 11.8 Å². The number of carbonyl (C=O) groups is 2. The smallest absolute Gasteiger partial charge is 0.227 e. The average molecular weight is 343 g/mol. The highest BCUT2D eigenvalue weighted by molar-refractivity contribution is 5.84. The minimum absolute atomic E-state index is 0.00892. The summed E-state index contributed by atoms with van der Waals surface area (Å²) in [6, 6.07) is 8.33. The van der Waals surface area contributed by atoms with Gasteiger partial charge in [-0.1, -0.05) is 19.1 Å². The largest absolute Gasteiger partial charge is 0.378 e. The molecule has 0 spiro atoms. The van der Waals surface area contributed by atoms with Crippen molar-refractivity contribution in [2.45, 2.75) is 38.6 Å². The van der Waals surface area contributed by atoms with Crippen molar-refractivity contribution >= 4 is 17.5 Å². The Bertz CT molecular complexity index is 626. The van der Waals surface area contributed by atoms with E-state index >= 15 is 0 Å². The van der Waals surface area contributed by atoms with Crippen LogP contribution in [0.25, 0.3) is 0 Å². The van der Waals surface area contributed by atoms with E-state index in [9.17, 15) is 9.59 Å². The molecule has 0 aliphatic carbocycles. The number of rotatable bonds is 5. The van der Waals surface area contributed by atoms with Gasteiger partial charge in [0.05, 0.1) is 12.3 Å². The topological polar surface area (TPSA) is 43.9 Å². The summed E-state index contributed by atoms with van der Waals surface area (Å²) in [4.78, 5) is 31.4. The van der Waals surface area contributed by atoms with Crippen LogP contribution in [0.15, 0.2) is 24.3 Å². The monoisotopic (exact) mass is 343 g/mol. The third-order valence-electron chi connectivity index (χ3n) is 5.42. The lowest BCUT2D eigenvalue weighted by molar-refractivity contribution is -0.139. The molecule has 0 aromatic heterocycles. The van der Waals surface area contributed by atoms with Gasteiger partial charge in [-0.3, -0.25) is 9.59 Å². The number of fused-ring (bicyclic) bond motifs is 4. The number of benzene rings is 1. The van der Waals surface area contributed by atoms with Gasteiger partial charge in [-0.15, -0.1) is 0 Å².